The molecular formula is C12H17FN2. The number of para-hydroxylation sites is 1. The van der Waals surface area contributed by atoms with Crippen molar-refractivity contribution in [3.8, 4) is 0 Å². The Morgan fingerprint density at radius 2 is 2.07 bits per heavy atom. The fourth-order valence-electron chi connectivity index (χ4n) is 1.90. The fourth-order valence-corrected chi connectivity index (χ4v) is 1.90. The van der Waals surface area contributed by atoms with Gasteiger partial charge in [0, 0.05) is 5.54 Å². The minimum atomic E-state index is -0.355. The molecule has 0 unspecified atom stereocenters. The summed E-state index contributed by atoms with van der Waals surface area (Å²) in [7, 11) is 0. The van der Waals surface area contributed by atoms with Crippen molar-refractivity contribution in [2.45, 2.75) is 32.2 Å². The predicted molar refractivity (Wildman–Crippen MR) is 61.2 cm³/mol. The van der Waals surface area contributed by atoms with Gasteiger partial charge >= 0.3 is 0 Å². The molecule has 1 aromatic carbocycles. The van der Waals surface area contributed by atoms with Crippen LogP contribution in [0.4, 0.5) is 15.8 Å². The SMILES string of the molecule is CC(C)(Nc1cccc(F)c1N)C1CC1. The average Bonchev–Trinajstić information content (AvgIpc) is 2.95. The first-order valence-corrected chi connectivity index (χ1v) is 5.33. The first-order valence-electron chi connectivity index (χ1n) is 5.33. The zero-order valence-corrected chi connectivity index (χ0v) is 9.18. The summed E-state index contributed by atoms with van der Waals surface area (Å²) in [5.41, 5.74) is 6.59. The highest BCUT2D eigenvalue weighted by Gasteiger charge is 2.37. The standard InChI is InChI=1S/C12H17FN2/c1-12(2,8-6-7-8)15-10-5-3-4-9(13)11(10)14/h3-5,8,15H,6-7,14H2,1-2H3. The highest BCUT2D eigenvalue weighted by molar-refractivity contribution is 5.67. The fraction of sp³-hybridized carbons (Fsp3) is 0.500. The third-order valence-corrected chi connectivity index (χ3v) is 3.11. The van der Waals surface area contributed by atoms with Crippen LogP contribution in [0.25, 0.3) is 0 Å². The second-order valence-corrected chi connectivity index (χ2v) is 4.82. The Morgan fingerprint density at radius 3 is 2.67 bits per heavy atom. The smallest absolute Gasteiger partial charge is 0.148 e. The molecule has 0 atom stereocenters. The normalized spacial score (nSPS) is 16.5. The molecule has 1 aromatic rings. The summed E-state index contributed by atoms with van der Waals surface area (Å²) in [5.74, 6) is 0.326. The lowest BCUT2D eigenvalue weighted by Crippen LogP contribution is -2.33. The number of nitrogen functional groups attached to an aromatic ring is 1. The Morgan fingerprint density at radius 1 is 1.40 bits per heavy atom. The van der Waals surface area contributed by atoms with Crippen molar-refractivity contribution < 1.29 is 4.39 Å². The van der Waals surface area contributed by atoms with Gasteiger partial charge in [-0.1, -0.05) is 6.07 Å². The molecule has 1 fully saturated rings. The molecule has 2 nitrogen and oxygen atoms in total. The number of benzene rings is 1. The first kappa shape index (κ1) is 10.3. The molecular weight excluding hydrogens is 191 g/mol. The maximum atomic E-state index is 13.2. The minimum absolute atomic E-state index is 0.00190. The van der Waals surface area contributed by atoms with Crippen molar-refractivity contribution in [3.05, 3.63) is 24.0 Å². The van der Waals surface area contributed by atoms with Crippen LogP contribution in [-0.4, -0.2) is 5.54 Å². The van der Waals surface area contributed by atoms with Crippen LogP contribution in [0.15, 0.2) is 18.2 Å². The lowest BCUT2D eigenvalue weighted by molar-refractivity contribution is 0.494. The number of halogens is 1. The summed E-state index contributed by atoms with van der Waals surface area (Å²) in [6.45, 7) is 4.27. The van der Waals surface area contributed by atoms with Crippen LogP contribution in [0.2, 0.25) is 0 Å². The van der Waals surface area contributed by atoms with Crippen LogP contribution in [-0.2, 0) is 0 Å². The Kier molecular flexibility index (Phi) is 2.33. The van der Waals surface area contributed by atoms with Gasteiger partial charge in [0.2, 0.25) is 0 Å². The third-order valence-electron chi connectivity index (χ3n) is 3.11. The lowest BCUT2D eigenvalue weighted by atomic mass is 9.98. The zero-order valence-electron chi connectivity index (χ0n) is 9.18. The summed E-state index contributed by atoms with van der Waals surface area (Å²) < 4.78 is 13.2. The van der Waals surface area contributed by atoms with Crippen molar-refractivity contribution in [2.24, 2.45) is 5.92 Å². The molecule has 15 heavy (non-hydrogen) atoms. The van der Waals surface area contributed by atoms with Gasteiger partial charge in [0.1, 0.15) is 5.82 Å². The summed E-state index contributed by atoms with van der Waals surface area (Å²) in [6.07, 6.45) is 2.49. The maximum absolute atomic E-state index is 13.2. The molecule has 0 bridgehead atoms. The number of nitrogens with one attached hydrogen (secondary N) is 1. The monoisotopic (exact) mass is 208 g/mol. The van der Waals surface area contributed by atoms with Gasteiger partial charge in [0.05, 0.1) is 11.4 Å². The van der Waals surface area contributed by atoms with E-state index in [0.717, 1.165) is 0 Å². The van der Waals surface area contributed by atoms with Gasteiger partial charge in [0.25, 0.3) is 0 Å². The molecule has 82 valence electrons. The van der Waals surface area contributed by atoms with Crippen LogP contribution < -0.4 is 11.1 Å². The van der Waals surface area contributed by atoms with Crippen LogP contribution >= 0.6 is 0 Å². The van der Waals surface area contributed by atoms with Gasteiger partial charge < -0.3 is 11.1 Å². The molecule has 0 amide bonds. The summed E-state index contributed by atoms with van der Waals surface area (Å²) >= 11 is 0. The molecule has 3 N–H and O–H groups in total. The molecule has 1 saturated carbocycles. The topological polar surface area (TPSA) is 38.0 Å². The third kappa shape index (κ3) is 2.06. The van der Waals surface area contributed by atoms with Crippen LogP contribution in [0.3, 0.4) is 0 Å². The summed E-state index contributed by atoms with van der Waals surface area (Å²) in [6, 6.07) is 4.88. The van der Waals surface area contributed by atoms with Gasteiger partial charge in [-0.25, -0.2) is 4.39 Å². The molecule has 0 spiro atoms. The second kappa shape index (κ2) is 3.40. The Labute approximate surface area is 89.7 Å². The number of nitrogens with two attached hydrogens (primary N) is 1. The highest BCUT2D eigenvalue weighted by Crippen LogP contribution is 2.41. The van der Waals surface area contributed by atoms with E-state index < -0.39 is 0 Å². The van der Waals surface area contributed by atoms with Gasteiger partial charge in [-0.2, -0.15) is 0 Å². The van der Waals surface area contributed by atoms with Crippen LogP contribution in [0.5, 0.6) is 0 Å². The minimum Gasteiger partial charge on any atom is -0.395 e. The molecule has 3 heteroatoms. The quantitative estimate of drug-likeness (QED) is 0.749. The van der Waals surface area contributed by atoms with E-state index in [1.54, 1.807) is 6.07 Å². The number of hydrogen-bond acceptors (Lipinski definition) is 2. The Balaban J connectivity index is 2.20. The van der Waals surface area contributed by atoms with E-state index in [2.05, 4.69) is 19.2 Å². The number of anilines is 2. The van der Waals surface area contributed by atoms with Crippen molar-refractivity contribution in [3.63, 3.8) is 0 Å². The largest absolute Gasteiger partial charge is 0.395 e. The van der Waals surface area contributed by atoms with Crippen molar-refractivity contribution in [1.82, 2.24) is 0 Å². The van der Waals surface area contributed by atoms with E-state index in [1.165, 1.54) is 18.9 Å². The maximum Gasteiger partial charge on any atom is 0.148 e. The molecule has 1 aliphatic rings. The van der Waals surface area contributed by atoms with Crippen molar-refractivity contribution in [2.75, 3.05) is 11.1 Å². The van der Waals surface area contributed by atoms with Crippen molar-refractivity contribution in [1.29, 1.82) is 0 Å². The van der Waals surface area contributed by atoms with E-state index in [4.69, 9.17) is 5.73 Å². The number of hydrogen-bond donors (Lipinski definition) is 2. The highest BCUT2D eigenvalue weighted by atomic mass is 19.1. The predicted octanol–water partition coefficient (Wildman–Crippen LogP) is 3.01. The van der Waals surface area contributed by atoms with E-state index in [0.29, 0.717) is 11.6 Å². The lowest BCUT2D eigenvalue weighted by Gasteiger charge is -2.28. The molecule has 0 aromatic heterocycles. The molecule has 1 aliphatic carbocycles. The Bertz CT molecular complexity index is 370. The van der Waals surface area contributed by atoms with Gasteiger partial charge in [-0.3, -0.25) is 0 Å². The number of rotatable bonds is 3. The van der Waals surface area contributed by atoms with Gasteiger partial charge in [-0.05, 0) is 44.7 Å². The van der Waals surface area contributed by atoms with E-state index in [1.807, 2.05) is 6.07 Å². The zero-order chi connectivity index (χ0) is 11.1. The summed E-state index contributed by atoms with van der Waals surface area (Å²) in [4.78, 5) is 0. The van der Waals surface area contributed by atoms with E-state index in [9.17, 15) is 4.39 Å². The summed E-state index contributed by atoms with van der Waals surface area (Å²) in [5, 5.41) is 3.32. The van der Waals surface area contributed by atoms with E-state index in [-0.39, 0.29) is 17.0 Å². The van der Waals surface area contributed by atoms with Crippen LogP contribution in [0.1, 0.15) is 26.7 Å². The van der Waals surface area contributed by atoms with Crippen molar-refractivity contribution >= 4 is 11.4 Å². The van der Waals surface area contributed by atoms with Crippen LogP contribution in [0, 0.1) is 11.7 Å². The molecule has 2 rings (SSSR count). The second-order valence-electron chi connectivity index (χ2n) is 4.82. The molecule has 0 saturated heterocycles. The van der Waals surface area contributed by atoms with Gasteiger partial charge in [-0.15, -0.1) is 0 Å². The molecule has 0 heterocycles. The average molecular weight is 208 g/mol. The van der Waals surface area contributed by atoms with E-state index >= 15 is 0 Å². The Hall–Kier alpha value is -1.25. The first-order chi connectivity index (χ1) is 7.00. The molecule has 0 aliphatic heterocycles. The van der Waals surface area contributed by atoms with Gasteiger partial charge in [0.15, 0.2) is 0 Å². The molecule has 0 radical (unpaired) electrons.